The van der Waals surface area contributed by atoms with Crippen molar-refractivity contribution in [2.24, 2.45) is 0 Å². The zero-order chi connectivity index (χ0) is 96.5. The number of fused-ring (bicyclic) bond motifs is 14. The van der Waals surface area contributed by atoms with Gasteiger partial charge in [0.05, 0.1) is 69.6 Å². The average Bonchev–Trinajstić information content (AvgIpc) is 1.58. The standard InChI is InChI=1S/C60H38N8.C59H41N5/c1-6-20-39(21-7-1)55-61-56(40-22-8-2-9-23-40)64-59(63-55)43-34-35-50(47(38-43)60-65-57(41-24-10-3-11-25-41)62-58(66-60)42-26-12-4-13-27-42)68-49-33-19-17-31-46(49)54-52(68)37-36-51-53(54)45-30-16-18-32-48(45)67(51)44-28-14-5-15-29-44;1-59(2)47-29-17-15-27-44(47)54-48(59)32-34-53-55(54)45-28-16-18-30-51(45)64(53)52-33-31-42(43-36-49(38-19-7-3-8-20-38)60-50(37-43)39-21-9-4-10-22-39)35-46(52)58-62-56(40-23-11-5-12-24-40)61-57(63-58)41-25-13-6-14-26-41/h1-38H;3-37H,1-2H3/i3D,10D,11D,24D,25D;3D,7D,8D,19D,20D. The predicted octanol–water partition coefficient (Wildman–Crippen LogP) is 28.9. The largest absolute Gasteiger partial charge is 0.309 e. The van der Waals surface area contributed by atoms with E-state index in [1.165, 1.54) is 27.6 Å². The van der Waals surface area contributed by atoms with Crippen molar-refractivity contribution in [1.82, 2.24) is 63.5 Å². The molecule has 1 aliphatic carbocycles. The van der Waals surface area contributed by atoms with E-state index in [-0.39, 0.29) is 51.8 Å². The number of hydrogen-bond donors (Lipinski definition) is 0. The van der Waals surface area contributed by atoms with E-state index in [1.54, 1.807) is 6.07 Å². The normalized spacial score (nSPS) is 13.1. The van der Waals surface area contributed by atoms with Crippen LogP contribution in [0.15, 0.2) is 443 Å². The Kier molecular flexibility index (Phi) is 16.7. The van der Waals surface area contributed by atoms with Crippen molar-refractivity contribution in [2.75, 3.05) is 0 Å². The van der Waals surface area contributed by atoms with Gasteiger partial charge in [-0.1, -0.05) is 365 Å². The minimum atomic E-state index is -0.513. The summed E-state index contributed by atoms with van der Waals surface area (Å²) in [4.78, 5) is 50.9. The minimum absolute atomic E-state index is 0.0249. The summed E-state index contributed by atoms with van der Waals surface area (Å²) >= 11 is 0. The van der Waals surface area contributed by atoms with Crippen LogP contribution in [0, 0.1) is 0 Å². The van der Waals surface area contributed by atoms with Crippen molar-refractivity contribution in [1.29, 1.82) is 0 Å². The molecule has 620 valence electrons. The van der Waals surface area contributed by atoms with Crippen LogP contribution in [-0.2, 0) is 5.41 Å². The smallest absolute Gasteiger partial charge is 0.166 e. The number of hydrogen-bond acceptors (Lipinski definition) is 10. The summed E-state index contributed by atoms with van der Waals surface area (Å²) in [6.07, 6.45) is 0. The molecule has 0 saturated heterocycles. The molecule has 0 fully saturated rings. The Morgan fingerprint density at radius 2 is 0.545 bits per heavy atom. The van der Waals surface area contributed by atoms with Crippen molar-refractivity contribution >= 4 is 65.4 Å². The molecule has 1 aliphatic rings. The molecule has 0 atom stereocenters. The maximum Gasteiger partial charge on any atom is 0.166 e. The monoisotopic (exact) mass is 1700 g/mol. The van der Waals surface area contributed by atoms with Gasteiger partial charge in [-0.25, -0.2) is 49.8 Å². The summed E-state index contributed by atoms with van der Waals surface area (Å²) in [5.41, 5.74) is 22.4. The Balaban J connectivity index is 0.000000154. The van der Waals surface area contributed by atoms with Gasteiger partial charge in [0.1, 0.15) is 0 Å². The highest BCUT2D eigenvalue weighted by Crippen LogP contribution is 2.54. The number of aromatic nitrogens is 13. The van der Waals surface area contributed by atoms with E-state index >= 15 is 0 Å². The summed E-state index contributed by atoms with van der Waals surface area (Å²) in [5, 5.41) is 6.61. The van der Waals surface area contributed by atoms with Crippen LogP contribution in [0.5, 0.6) is 0 Å². The summed E-state index contributed by atoms with van der Waals surface area (Å²) < 4.78 is 94.0. The fraction of sp³-hybridized carbons (Fsp3) is 0.0252. The molecule has 132 heavy (non-hydrogen) atoms. The van der Waals surface area contributed by atoms with Gasteiger partial charge in [-0.05, 0) is 124 Å². The topological polar surface area (TPSA) is 144 Å². The fourth-order valence-electron chi connectivity index (χ4n) is 18.8. The summed E-state index contributed by atoms with van der Waals surface area (Å²) in [7, 11) is 0. The van der Waals surface area contributed by atoms with E-state index in [9.17, 15) is 0 Å². The first-order valence-corrected chi connectivity index (χ1v) is 43.6. The van der Waals surface area contributed by atoms with Crippen molar-refractivity contribution in [2.45, 2.75) is 19.3 Å². The van der Waals surface area contributed by atoms with Crippen molar-refractivity contribution in [3.05, 3.63) is 454 Å². The van der Waals surface area contributed by atoms with Crippen molar-refractivity contribution in [3.8, 4) is 164 Å². The highest BCUT2D eigenvalue weighted by atomic mass is 15.1. The first-order valence-electron chi connectivity index (χ1n) is 48.6. The maximum atomic E-state index is 9.07. The number of benzene rings is 17. The van der Waals surface area contributed by atoms with Crippen LogP contribution in [-0.4, -0.2) is 63.5 Å². The fourth-order valence-corrected chi connectivity index (χ4v) is 18.8. The number of nitrogens with zero attached hydrogens (tertiary/aromatic N) is 13. The van der Waals surface area contributed by atoms with Gasteiger partial charge in [0.2, 0.25) is 0 Å². The molecule has 13 nitrogen and oxygen atoms in total. The summed E-state index contributed by atoms with van der Waals surface area (Å²) in [5.74, 6) is 3.26. The molecular weight excluding hydrogens is 1610 g/mol. The molecule has 0 spiro atoms. The van der Waals surface area contributed by atoms with Crippen molar-refractivity contribution < 1.29 is 13.7 Å². The molecule has 0 bridgehead atoms. The number of pyridine rings is 1. The molecule has 17 aromatic carbocycles. The van der Waals surface area contributed by atoms with Gasteiger partial charge in [0.25, 0.3) is 0 Å². The van der Waals surface area contributed by atoms with Gasteiger partial charge in [0, 0.05) is 105 Å². The highest BCUT2D eigenvalue weighted by molar-refractivity contribution is 6.29. The molecule has 0 aliphatic heterocycles. The second-order valence-electron chi connectivity index (χ2n) is 33.0. The van der Waals surface area contributed by atoms with E-state index < -0.39 is 48.3 Å². The minimum Gasteiger partial charge on any atom is -0.309 e. The third-order valence-corrected chi connectivity index (χ3v) is 24.9. The lowest BCUT2D eigenvalue weighted by molar-refractivity contribution is 0.661. The molecule has 25 rings (SSSR count). The third-order valence-electron chi connectivity index (χ3n) is 24.9. The third kappa shape index (κ3) is 13.7. The van der Waals surface area contributed by atoms with Gasteiger partial charge in [0.15, 0.2) is 52.4 Å². The Bertz CT molecular complexity index is 9080. The van der Waals surface area contributed by atoms with Gasteiger partial charge in [-0.15, -0.1) is 0 Å². The molecule has 0 saturated carbocycles. The molecule has 0 N–H and O–H groups in total. The van der Waals surface area contributed by atoms with Gasteiger partial charge >= 0.3 is 0 Å². The summed E-state index contributed by atoms with van der Waals surface area (Å²) in [6, 6.07) is 124. The molecule has 7 aromatic heterocycles. The maximum absolute atomic E-state index is 9.07. The van der Waals surface area contributed by atoms with E-state index in [4.69, 9.17) is 63.5 Å². The van der Waals surface area contributed by atoms with E-state index in [2.05, 4.69) is 185 Å². The molecule has 13 heteroatoms. The van der Waals surface area contributed by atoms with Crippen LogP contribution in [0.2, 0.25) is 0 Å². The Labute approximate surface area is 775 Å². The molecule has 0 amide bonds. The quantitative estimate of drug-likeness (QED) is 0.0973. The van der Waals surface area contributed by atoms with Crippen LogP contribution in [0.25, 0.3) is 230 Å². The Hall–Kier alpha value is -17.7. The van der Waals surface area contributed by atoms with Crippen LogP contribution >= 0.6 is 0 Å². The van der Waals surface area contributed by atoms with Gasteiger partial charge in [-0.3, -0.25) is 0 Å². The number of rotatable bonds is 15. The van der Waals surface area contributed by atoms with Crippen molar-refractivity contribution in [3.63, 3.8) is 0 Å². The van der Waals surface area contributed by atoms with E-state index in [0.717, 1.165) is 116 Å². The second-order valence-corrected chi connectivity index (χ2v) is 33.0. The first kappa shape index (κ1) is 67.6. The van der Waals surface area contributed by atoms with E-state index in [1.807, 2.05) is 218 Å². The van der Waals surface area contributed by atoms with Crippen LogP contribution in [0.3, 0.4) is 0 Å². The van der Waals surface area contributed by atoms with Gasteiger partial charge < -0.3 is 13.7 Å². The molecule has 24 aromatic rings. The predicted molar refractivity (Wildman–Crippen MR) is 537 cm³/mol. The van der Waals surface area contributed by atoms with E-state index in [0.29, 0.717) is 63.0 Å². The molecule has 0 radical (unpaired) electrons. The lowest BCUT2D eigenvalue weighted by atomic mass is 9.82. The molecule has 0 unspecified atom stereocenters. The zero-order valence-electron chi connectivity index (χ0n) is 81.2. The zero-order valence-corrected chi connectivity index (χ0v) is 71.2. The Morgan fingerprint density at radius 3 is 1.02 bits per heavy atom. The van der Waals surface area contributed by atoms with Crippen LogP contribution in [0.4, 0.5) is 0 Å². The molecular formula is C119H79N13. The molecule has 7 heterocycles. The van der Waals surface area contributed by atoms with Crippen LogP contribution in [0.1, 0.15) is 38.7 Å². The lowest BCUT2D eigenvalue weighted by Gasteiger charge is -2.21. The first-order chi connectivity index (χ1) is 69.4. The average molecular weight is 1700 g/mol. The number of para-hydroxylation sites is 4. The summed E-state index contributed by atoms with van der Waals surface area (Å²) in [6.45, 7) is 4.61. The second kappa shape index (κ2) is 32.6. The highest BCUT2D eigenvalue weighted by Gasteiger charge is 2.38. The van der Waals surface area contributed by atoms with Gasteiger partial charge in [-0.2, -0.15) is 0 Å². The SMILES string of the molecule is [2H]c1c([2H])c([2H])c(-c2cc(-c3ccc(-n4c5ccccc5c5c6c(ccc54)C(C)(C)c4ccccc4-6)c(-c4nc(-c5ccccc5)nc(-c5ccccc5)n4)c3)cc(-c3ccccc3)n2)c([2H])c1[2H].[2H]c1c([2H])c([2H])c(-c2nc(-c3ccccc3)nc(-c3cc(-c4nc(-c5ccccc5)nc(-c5ccccc5)n4)ccc3-n3c4ccccc4c4c5c6ccccc6n(-c6ccccc6)c5ccc43)n2)c([2H])c1[2H]. The Morgan fingerprint density at radius 1 is 0.212 bits per heavy atom. The van der Waals surface area contributed by atoms with Crippen LogP contribution < -0.4 is 0 Å². The lowest BCUT2D eigenvalue weighted by Crippen LogP contribution is -2.14.